The number of benzene rings is 4. The molecule has 0 aliphatic carbocycles. The highest BCUT2D eigenvalue weighted by Crippen LogP contribution is 2.39. The average molecular weight is 512 g/mol. The topological polar surface area (TPSA) is 38.7 Å². The van der Waals surface area contributed by atoms with Crippen LogP contribution in [0.5, 0.6) is 0 Å². The van der Waals surface area contributed by atoms with Crippen molar-refractivity contribution >= 4 is 27.8 Å². The molecule has 0 unspecified atom stereocenters. The highest BCUT2D eigenvalue weighted by atomic mass is 16.2. The van der Waals surface area contributed by atoms with E-state index >= 15 is 0 Å². The molecule has 0 amide bonds. The maximum absolute atomic E-state index is 7.00. The molecule has 0 aromatic heterocycles. The SMILES string of the molecule is CCNc1ccc(C(c2ccc(N(CC)CC)cc2)c2ccc(N(CC)CC)cc2)c2ccccc12.CO. The van der Waals surface area contributed by atoms with Crippen molar-refractivity contribution in [2.24, 2.45) is 0 Å². The first-order chi connectivity index (χ1) is 18.6. The van der Waals surface area contributed by atoms with E-state index in [0.717, 1.165) is 39.8 Å². The molecule has 0 fully saturated rings. The Morgan fingerprint density at radius 3 is 1.45 bits per heavy atom. The number of aliphatic hydroxyl groups is 1. The molecule has 0 aliphatic heterocycles. The first-order valence-electron chi connectivity index (χ1n) is 14.0. The number of hydrogen-bond acceptors (Lipinski definition) is 4. The summed E-state index contributed by atoms with van der Waals surface area (Å²) in [5.41, 5.74) is 7.76. The molecule has 0 spiro atoms. The Balaban J connectivity index is 0.00000195. The van der Waals surface area contributed by atoms with Crippen molar-refractivity contribution in [2.75, 3.05) is 55.0 Å². The van der Waals surface area contributed by atoms with Crippen LogP contribution in [0.25, 0.3) is 10.8 Å². The van der Waals surface area contributed by atoms with Gasteiger partial charge in [0.2, 0.25) is 0 Å². The van der Waals surface area contributed by atoms with Gasteiger partial charge in [0.25, 0.3) is 0 Å². The monoisotopic (exact) mass is 511 g/mol. The number of hydrogen-bond donors (Lipinski definition) is 2. The number of aliphatic hydroxyl groups excluding tert-OH is 1. The third-order valence-electron chi connectivity index (χ3n) is 7.35. The predicted octanol–water partition coefficient (Wildman–Crippen LogP) is 7.75. The van der Waals surface area contributed by atoms with Crippen LogP contribution in [-0.2, 0) is 0 Å². The number of nitrogens with one attached hydrogen (secondary N) is 1. The van der Waals surface area contributed by atoms with Crippen molar-refractivity contribution in [3.05, 3.63) is 102 Å². The van der Waals surface area contributed by atoms with Crippen molar-refractivity contribution in [2.45, 2.75) is 40.5 Å². The van der Waals surface area contributed by atoms with Crippen molar-refractivity contribution in [1.29, 1.82) is 0 Å². The minimum Gasteiger partial charge on any atom is -0.400 e. The van der Waals surface area contributed by atoms with E-state index in [2.05, 4.69) is 135 Å². The fraction of sp³-hybridized carbons (Fsp3) is 0.353. The van der Waals surface area contributed by atoms with Crippen LogP contribution in [0.15, 0.2) is 84.9 Å². The van der Waals surface area contributed by atoms with Gasteiger partial charge in [-0.1, -0.05) is 54.6 Å². The van der Waals surface area contributed by atoms with E-state index < -0.39 is 0 Å². The molecule has 0 bridgehead atoms. The highest BCUT2D eigenvalue weighted by molar-refractivity contribution is 5.97. The van der Waals surface area contributed by atoms with E-state index in [4.69, 9.17) is 5.11 Å². The number of fused-ring (bicyclic) bond motifs is 1. The van der Waals surface area contributed by atoms with Crippen LogP contribution in [0, 0.1) is 0 Å². The first kappa shape index (κ1) is 29.1. The Labute approximate surface area is 229 Å². The summed E-state index contributed by atoms with van der Waals surface area (Å²) in [5.74, 6) is 0.155. The minimum absolute atomic E-state index is 0.155. The van der Waals surface area contributed by atoms with E-state index in [0.29, 0.717) is 0 Å². The summed E-state index contributed by atoms with van der Waals surface area (Å²) in [5, 5.41) is 13.1. The fourth-order valence-electron chi connectivity index (χ4n) is 5.40. The lowest BCUT2D eigenvalue weighted by atomic mass is 9.82. The van der Waals surface area contributed by atoms with Crippen LogP contribution in [0.1, 0.15) is 57.2 Å². The molecule has 4 nitrogen and oxygen atoms in total. The first-order valence-corrected chi connectivity index (χ1v) is 14.0. The molecule has 4 aromatic rings. The maximum Gasteiger partial charge on any atom is 0.0419 e. The van der Waals surface area contributed by atoms with Crippen molar-refractivity contribution < 1.29 is 5.11 Å². The molecule has 0 heterocycles. The quantitative estimate of drug-likeness (QED) is 0.202. The molecule has 0 saturated heterocycles. The Hall–Kier alpha value is -3.50. The maximum atomic E-state index is 7.00. The summed E-state index contributed by atoms with van der Waals surface area (Å²) in [6.07, 6.45) is 0. The number of anilines is 3. The lowest BCUT2D eigenvalue weighted by Gasteiger charge is -2.26. The van der Waals surface area contributed by atoms with Gasteiger partial charge in [0.15, 0.2) is 0 Å². The standard InChI is InChI=1S/C33H41N3.CH4O/c1-6-34-32-24-23-31(29-13-11-12-14-30(29)32)33(25-15-19-27(20-16-25)35(7-2)8-3)26-17-21-28(22-18-26)36(9-4)10-5;1-2/h11-24,33-34H,6-10H2,1-5H3;2H,1H3. The zero-order valence-electron chi connectivity index (χ0n) is 24.0. The lowest BCUT2D eigenvalue weighted by Crippen LogP contribution is -2.22. The van der Waals surface area contributed by atoms with Crippen molar-refractivity contribution in [3.63, 3.8) is 0 Å². The van der Waals surface area contributed by atoms with Gasteiger partial charge in [-0.3, -0.25) is 0 Å². The molecular formula is C34H45N3O. The molecular weight excluding hydrogens is 466 g/mol. The second-order valence-corrected chi connectivity index (χ2v) is 9.24. The van der Waals surface area contributed by atoms with Gasteiger partial charge < -0.3 is 20.2 Å². The van der Waals surface area contributed by atoms with Gasteiger partial charge >= 0.3 is 0 Å². The van der Waals surface area contributed by atoms with Gasteiger partial charge in [-0.2, -0.15) is 0 Å². The second-order valence-electron chi connectivity index (χ2n) is 9.24. The fourth-order valence-corrected chi connectivity index (χ4v) is 5.40. The van der Waals surface area contributed by atoms with E-state index in [1.807, 2.05) is 0 Å². The smallest absolute Gasteiger partial charge is 0.0419 e. The molecule has 4 rings (SSSR count). The molecule has 0 atom stereocenters. The summed E-state index contributed by atoms with van der Waals surface area (Å²) >= 11 is 0. The Morgan fingerprint density at radius 1 is 0.579 bits per heavy atom. The van der Waals surface area contributed by atoms with Gasteiger partial charge in [-0.25, -0.2) is 0 Å². The average Bonchev–Trinajstić information content (AvgIpc) is 2.98. The van der Waals surface area contributed by atoms with Crippen molar-refractivity contribution in [1.82, 2.24) is 0 Å². The van der Waals surface area contributed by atoms with Crippen LogP contribution >= 0.6 is 0 Å². The third-order valence-corrected chi connectivity index (χ3v) is 7.35. The van der Waals surface area contributed by atoms with E-state index in [1.165, 1.54) is 44.5 Å². The largest absolute Gasteiger partial charge is 0.400 e. The predicted molar refractivity (Wildman–Crippen MR) is 167 cm³/mol. The minimum atomic E-state index is 0.155. The zero-order valence-corrected chi connectivity index (χ0v) is 24.0. The van der Waals surface area contributed by atoms with Gasteiger partial charge in [0.1, 0.15) is 0 Å². The number of nitrogens with zero attached hydrogens (tertiary/aromatic N) is 2. The number of rotatable bonds is 11. The Morgan fingerprint density at radius 2 is 1.03 bits per heavy atom. The molecule has 0 saturated carbocycles. The molecule has 0 radical (unpaired) electrons. The molecule has 202 valence electrons. The van der Waals surface area contributed by atoms with Crippen molar-refractivity contribution in [3.8, 4) is 0 Å². The summed E-state index contributed by atoms with van der Waals surface area (Å²) in [4.78, 5) is 4.80. The van der Waals surface area contributed by atoms with Crippen LogP contribution in [0.3, 0.4) is 0 Å². The van der Waals surface area contributed by atoms with E-state index in [-0.39, 0.29) is 5.92 Å². The third kappa shape index (κ3) is 6.31. The van der Waals surface area contributed by atoms with Crippen LogP contribution < -0.4 is 15.1 Å². The second kappa shape index (κ2) is 14.4. The van der Waals surface area contributed by atoms with Crippen LogP contribution in [0.2, 0.25) is 0 Å². The van der Waals surface area contributed by atoms with E-state index in [9.17, 15) is 0 Å². The van der Waals surface area contributed by atoms with Gasteiger partial charge in [-0.15, -0.1) is 0 Å². The van der Waals surface area contributed by atoms with Gasteiger partial charge in [-0.05, 0) is 87.0 Å². The lowest BCUT2D eigenvalue weighted by molar-refractivity contribution is 0.399. The Kier molecular flexibility index (Phi) is 11.0. The highest BCUT2D eigenvalue weighted by Gasteiger charge is 2.21. The summed E-state index contributed by atoms with van der Waals surface area (Å²) in [6, 6.07) is 31.8. The van der Waals surface area contributed by atoms with Gasteiger partial charge in [0, 0.05) is 68.2 Å². The molecule has 38 heavy (non-hydrogen) atoms. The summed E-state index contributed by atoms with van der Waals surface area (Å²) < 4.78 is 0. The zero-order chi connectivity index (χ0) is 27.5. The molecule has 4 heteroatoms. The summed E-state index contributed by atoms with van der Waals surface area (Å²) in [7, 11) is 1.00. The molecule has 2 N–H and O–H groups in total. The molecule has 0 aliphatic rings. The van der Waals surface area contributed by atoms with Crippen LogP contribution in [-0.4, -0.2) is 44.9 Å². The normalized spacial score (nSPS) is 10.7. The Bertz CT molecular complexity index is 1190. The van der Waals surface area contributed by atoms with Gasteiger partial charge in [0.05, 0.1) is 0 Å². The van der Waals surface area contributed by atoms with Crippen LogP contribution in [0.4, 0.5) is 17.1 Å². The van der Waals surface area contributed by atoms with E-state index in [1.54, 1.807) is 0 Å². The summed E-state index contributed by atoms with van der Waals surface area (Å²) in [6.45, 7) is 16.0. The molecule has 4 aromatic carbocycles.